The van der Waals surface area contributed by atoms with Crippen LogP contribution in [0.1, 0.15) is 86.5 Å². The van der Waals surface area contributed by atoms with Gasteiger partial charge in [-0.1, -0.05) is 47.0 Å². The Morgan fingerprint density at radius 2 is 1.71 bits per heavy atom. The third kappa shape index (κ3) is 4.89. The molecule has 0 saturated heterocycles. The molecule has 0 aromatic rings. The average Bonchev–Trinajstić information content (AvgIpc) is 2.49. The summed E-state index contributed by atoms with van der Waals surface area (Å²) in [7, 11) is 0. The first kappa shape index (κ1) is 19.6. The van der Waals surface area contributed by atoms with E-state index in [1.165, 1.54) is 38.5 Å². The summed E-state index contributed by atoms with van der Waals surface area (Å²) < 4.78 is 5.94. The van der Waals surface area contributed by atoms with Crippen LogP contribution in [-0.4, -0.2) is 17.7 Å². The molecular weight excluding hydrogens is 298 g/mol. The fraction of sp³-hybridized carbons (Fsp3) is 0.952. The predicted octanol–water partition coefficient (Wildman–Crippen LogP) is 5.78. The first-order valence-electron chi connectivity index (χ1n) is 10.2. The third-order valence-corrected chi connectivity index (χ3v) is 6.87. The Morgan fingerprint density at radius 1 is 1.04 bits per heavy atom. The molecule has 3 heteroatoms. The van der Waals surface area contributed by atoms with Gasteiger partial charge in [0.2, 0.25) is 0 Å². The lowest BCUT2D eigenvalue weighted by molar-refractivity contribution is -0.0401. The number of hydrogen-bond donors (Lipinski definition) is 1. The van der Waals surface area contributed by atoms with Crippen LogP contribution in [0, 0.1) is 29.6 Å². The van der Waals surface area contributed by atoms with Gasteiger partial charge in [0.25, 0.3) is 0 Å². The van der Waals surface area contributed by atoms with Gasteiger partial charge in [0.05, 0.1) is 0 Å². The predicted molar refractivity (Wildman–Crippen MR) is 99.9 cm³/mol. The van der Waals surface area contributed by atoms with Gasteiger partial charge < -0.3 is 10.1 Å². The molecule has 2 aliphatic carbocycles. The molecule has 140 valence electrons. The van der Waals surface area contributed by atoms with Crippen molar-refractivity contribution in [2.24, 2.45) is 29.6 Å². The van der Waals surface area contributed by atoms with E-state index in [1.807, 2.05) is 0 Å². The zero-order valence-electron chi connectivity index (χ0n) is 16.7. The fourth-order valence-corrected chi connectivity index (χ4v) is 4.95. The Hall–Kier alpha value is -0.730. The van der Waals surface area contributed by atoms with Crippen LogP contribution in [0.2, 0.25) is 0 Å². The topological polar surface area (TPSA) is 38.3 Å². The smallest absolute Gasteiger partial charge is 0.407 e. The molecule has 1 unspecified atom stereocenters. The number of ether oxygens (including phenoxy) is 1. The van der Waals surface area contributed by atoms with Gasteiger partial charge in [0, 0.05) is 6.04 Å². The number of carbonyl (C=O) groups is 1. The van der Waals surface area contributed by atoms with Crippen LogP contribution in [0.3, 0.4) is 0 Å². The molecule has 5 atom stereocenters. The highest BCUT2D eigenvalue weighted by Crippen LogP contribution is 2.43. The van der Waals surface area contributed by atoms with Gasteiger partial charge in [-0.3, -0.25) is 0 Å². The van der Waals surface area contributed by atoms with Gasteiger partial charge in [-0.2, -0.15) is 0 Å². The first-order chi connectivity index (χ1) is 11.2. The molecule has 1 amide bonds. The Labute approximate surface area is 149 Å². The quantitative estimate of drug-likeness (QED) is 0.706. The highest BCUT2D eigenvalue weighted by atomic mass is 16.6. The summed E-state index contributed by atoms with van der Waals surface area (Å²) in [5.41, 5.74) is -0.380. The number of rotatable bonds is 4. The van der Waals surface area contributed by atoms with Gasteiger partial charge in [-0.05, 0) is 69.1 Å². The van der Waals surface area contributed by atoms with Crippen molar-refractivity contribution in [3.8, 4) is 0 Å². The summed E-state index contributed by atoms with van der Waals surface area (Å²) >= 11 is 0. The summed E-state index contributed by atoms with van der Waals surface area (Å²) in [6.45, 7) is 13.5. The third-order valence-electron chi connectivity index (χ3n) is 6.87. The van der Waals surface area contributed by atoms with Crippen LogP contribution < -0.4 is 5.32 Å². The molecule has 1 N–H and O–H groups in total. The van der Waals surface area contributed by atoms with Crippen LogP contribution in [0.25, 0.3) is 0 Å². The van der Waals surface area contributed by atoms with E-state index >= 15 is 0 Å². The number of carbonyl (C=O) groups excluding carboxylic acids is 1. The molecule has 0 aromatic carbocycles. The minimum Gasteiger partial charge on any atom is -0.443 e. The maximum Gasteiger partial charge on any atom is 0.407 e. The van der Waals surface area contributed by atoms with Gasteiger partial charge in [0.1, 0.15) is 5.60 Å². The minimum absolute atomic E-state index is 0.210. The van der Waals surface area contributed by atoms with Crippen LogP contribution in [0.4, 0.5) is 4.79 Å². The van der Waals surface area contributed by atoms with Gasteiger partial charge in [0.15, 0.2) is 0 Å². The second-order valence-electron chi connectivity index (χ2n) is 9.40. The summed E-state index contributed by atoms with van der Waals surface area (Å²) in [5.74, 6) is 3.27. The van der Waals surface area contributed by atoms with Crippen molar-refractivity contribution >= 4 is 6.09 Å². The lowest BCUT2D eigenvalue weighted by Gasteiger charge is -2.43. The Kier molecular flexibility index (Phi) is 6.61. The summed E-state index contributed by atoms with van der Waals surface area (Å²) in [5, 5.41) is 3.15. The van der Waals surface area contributed by atoms with E-state index in [0.29, 0.717) is 17.8 Å². The van der Waals surface area contributed by atoms with Crippen LogP contribution in [0.5, 0.6) is 0 Å². The van der Waals surface area contributed by atoms with Crippen molar-refractivity contribution in [2.45, 2.75) is 98.1 Å². The summed E-state index contributed by atoms with van der Waals surface area (Å²) in [4.78, 5) is 12.5. The largest absolute Gasteiger partial charge is 0.443 e. The van der Waals surface area contributed by atoms with Crippen molar-refractivity contribution in [2.75, 3.05) is 0 Å². The zero-order chi connectivity index (χ0) is 17.9. The second kappa shape index (κ2) is 8.10. The van der Waals surface area contributed by atoms with Crippen molar-refractivity contribution in [3.05, 3.63) is 0 Å². The Balaban J connectivity index is 1.90. The Bertz CT molecular complexity index is 418. The van der Waals surface area contributed by atoms with Crippen LogP contribution >= 0.6 is 0 Å². The van der Waals surface area contributed by atoms with E-state index in [-0.39, 0.29) is 17.7 Å². The first-order valence-corrected chi connectivity index (χ1v) is 10.2. The van der Waals surface area contributed by atoms with E-state index in [2.05, 4.69) is 46.9 Å². The lowest BCUT2D eigenvalue weighted by atomic mass is 9.66. The zero-order valence-corrected chi connectivity index (χ0v) is 16.7. The van der Waals surface area contributed by atoms with E-state index < -0.39 is 0 Å². The fourth-order valence-electron chi connectivity index (χ4n) is 4.95. The molecule has 3 nitrogen and oxygen atoms in total. The molecule has 2 fully saturated rings. The number of alkyl carbamates (subject to hydrolysis) is 1. The maximum atomic E-state index is 12.5. The maximum absolute atomic E-state index is 12.5. The molecule has 2 rings (SSSR count). The highest BCUT2D eigenvalue weighted by Gasteiger charge is 2.40. The molecule has 0 aromatic heterocycles. The van der Waals surface area contributed by atoms with E-state index in [1.54, 1.807) is 0 Å². The molecule has 0 heterocycles. The van der Waals surface area contributed by atoms with E-state index in [4.69, 9.17) is 4.74 Å². The van der Waals surface area contributed by atoms with E-state index in [0.717, 1.165) is 18.3 Å². The molecule has 0 aliphatic heterocycles. The van der Waals surface area contributed by atoms with E-state index in [9.17, 15) is 4.79 Å². The highest BCUT2D eigenvalue weighted by molar-refractivity contribution is 5.68. The SMILES string of the molecule is CC(C)[C@H]1CC(C(C)(C)OC(=O)N[C@@H]2CCCC[C@H]2C)CC[C@H]1C. The van der Waals surface area contributed by atoms with Gasteiger partial charge in [-0.25, -0.2) is 4.79 Å². The molecule has 0 bridgehead atoms. The summed E-state index contributed by atoms with van der Waals surface area (Å²) in [6.07, 6.45) is 8.20. The molecule has 2 saturated carbocycles. The van der Waals surface area contributed by atoms with Gasteiger partial charge in [-0.15, -0.1) is 0 Å². The number of nitrogens with one attached hydrogen (secondary N) is 1. The van der Waals surface area contributed by atoms with Crippen LogP contribution in [-0.2, 0) is 4.74 Å². The molecule has 0 radical (unpaired) electrons. The van der Waals surface area contributed by atoms with Gasteiger partial charge >= 0.3 is 6.09 Å². The monoisotopic (exact) mass is 337 g/mol. The molecule has 0 spiro atoms. The standard InChI is InChI=1S/C21H39NO2/c1-14(2)18-13-17(12-11-15(18)3)21(5,6)24-20(23)22-19-10-8-7-9-16(19)4/h14-19H,7-13H2,1-6H3,(H,22,23)/t15-,16-,17?,18-,19-/m1/s1. The lowest BCUT2D eigenvalue weighted by Crippen LogP contribution is -2.47. The minimum atomic E-state index is -0.380. The second-order valence-corrected chi connectivity index (χ2v) is 9.40. The van der Waals surface area contributed by atoms with Crippen molar-refractivity contribution in [1.82, 2.24) is 5.32 Å². The molecule has 2 aliphatic rings. The molecule has 24 heavy (non-hydrogen) atoms. The number of hydrogen-bond acceptors (Lipinski definition) is 2. The van der Waals surface area contributed by atoms with Crippen molar-refractivity contribution < 1.29 is 9.53 Å². The van der Waals surface area contributed by atoms with Crippen molar-refractivity contribution in [1.29, 1.82) is 0 Å². The van der Waals surface area contributed by atoms with Crippen LogP contribution in [0.15, 0.2) is 0 Å². The summed E-state index contributed by atoms with van der Waals surface area (Å²) in [6, 6.07) is 0.289. The number of amides is 1. The van der Waals surface area contributed by atoms with Crippen molar-refractivity contribution in [3.63, 3.8) is 0 Å². The average molecular weight is 338 g/mol. The Morgan fingerprint density at radius 3 is 2.33 bits per heavy atom. The molecular formula is C21H39NO2. The normalized spacial score (nSPS) is 34.9.